The lowest BCUT2D eigenvalue weighted by atomic mass is 10.1. The van der Waals surface area contributed by atoms with Crippen LogP contribution in [0, 0.1) is 0 Å². The maximum absolute atomic E-state index is 9.49. The summed E-state index contributed by atoms with van der Waals surface area (Å²) in [6.07, 6.45) is 3.59. The van der Waals surface area contributed by atoms with Crippen LogP contribution in [0.3, 0.4) is 0 Å². The second-order valence-electron chi connectivity index (χ2n) is 5.34. The average molecular weight is 306 g/mol. The Kier molecular flexibility index (Phi) is 4.54. The van der Waals surface area contributed by atoms with Crippen LogP contribution in [-0.2, 0) is 13.2 Å². The summed E-state index contributed by atoms with van der Waals surface area (Å²) in [6.45, 7) is 0.660. The molecule has 3 aromatic rings. The zero-order valence-corrected chi connectivity index (χ0v) is 12.6. The van der Waals surface area contributed by atoms with Crippen LogP contribution < -0.4 is 5.32 Å². The minimum absolute atomic E-state index is 0.0457. The number of nitrogens with one attached hydrogen (secondary N) is 1. The molecule has 1 aromatic heterocycles. The van der Waals surface area contributed by atoms with E-state index in [1.807, 2.05) is 48.7 Å². The Balaban J connectivity index is 1.74. The number of phenolic OH excluding ortho intramolecular Hbond substituents is 1. The van der Waals surface area contributed by atoms with Crippen LogP contribution in [0.5, 0.6) is 5.75 Å². The van der Waals surface area contributed by atoms with E-state index in [4.69, 9.17) is 5.11 Å². The van der Waals surface area contributed by atoms with Crippen molar-refractivity contribution in [1.29, 1.82) is 0 Å². The van der Waals surface area contributed by atoms with Crippen molar-refractivity contribution in [2.75, 3.05) is 5.32 Å². The number of rotatable bonds is 5. The monoisotopic (exact) mass is 306 g/mol. The summed E-state index contributed by atoms with van der Waals surface area (Å²) in [5.74, 6) is 0.264. The highest BCUT2D eigenvalue weighted by Gasteiger charge is 2.01. The van der Waals surface area contributed by atoms with Gasteiger partial charge >= 0.3 is 0 Å². The number of hydrogen-bond acceptors (Lipinski definition) is 4. The fraction of sp³-hybridized carbons (Fsp3) is 0.105. The van der Waals surface area contributed by atoms with Crippen LogP contribution in [-0.4, -0.2) is 15.2 Å². The number of hydrogen-bond donors (Lipinski definition) is 3. The van der Waals surface area contributed by atoms with Crippen LogP contribution in [0.2, 0.25) is 0 Å². The predicted molar refractivity (Wildman–Crippen MR) is 91.0 cm³/mol. The standard InChI is InChI=1S/C19H18N2O2/c22-13-14-4-6-16(7-5-14)17-9-18(12-20-11-17)21-10-15-2-1-3-19(23)8-15/h1-9,11-12,21-23H,10,13H2. The molecule has 2 aromatic carbocycles. The highest BCUT2D eigenvalue weighted by molar-refractivity contribution is 5.66. The first-order valence-corrected chi connectivity index (χ1v) is 7.41. The maximum Gasteiger partial charge on any atom is 0.115 e. The van der Waals surface area contributed by atoms with Gasteiger partial charge in [-0.25, -0.2) is 0 Å². The fourth-order valence-electron chi connectivity index (χ4n) is 2.37. The van der Waals surface area contributed by atoms with Crippen molar-refractivity contribution in [1.82, 2.24) is 4.98 Å². The van der Waals surface area contributed by atoms with Gasteiger partial charge in [-0.2, -0.15) is 0 Å². The molecule has 23 heavy (non-hydrogen) atoms. The van der Waals surface area contributed by atoms with Gasteiger partial charge in [0, 0.05) is 24.5 Å². The first-order valence-electron chi connectivity index (χ1n) is 7.41. The largest absolute Gasteiger partial charge is 0.508 e. The van der Waals surface area contributed by atoms with Gasteiger partial charge in [-0.1, -0.05) is 36.4 Å². The summed E-state index contributed by atoms with van der Waals surface area (Å²) in [7, 11) is 0. The number of aromatic hydroxyl groups is 1. The molecular formula is C19H18N2O2. The first-order chi connectivity index (χ1) is 11.2. The summed E-state index contributed by atoms with van der Waals surface area (Å²) < 4.78 is 0. The molecule has 116 valence electrons. The van der Waals surface area contributed by atoms with Gasteiger partial charge in [-0.15, -0.1) is 0 Å². The number of aliphatic hydroxyl groups excluding tert-OH is 1. The van der Waals surface area contributed by atoms with E-state index in [0.717, 1.165) is 27.9 Å². The van der Waals surface area contributed by atoms with Crippen molar-refractivity contribution in [2.45, 2.75) is 13.2 Å². The van der Waals surface area contributed by atoms with E-state index in [0.29, 0.717) is 6.54 Å². The summed E-state index contributed by atoms with van der Waals surface area (Å²) in [4.78, 5) is 4.27. The summed E-state index contributed by atoms with van der Waals surface area (Å²) >= 11 is 0. The number of pyridine rings is 1. The Morgan fingerprint density at radius 2 is 1.70 bits per heavy atom. The third-order valence-electron chi connectivity index (χ3n) is 3.62. The second kappa shape index (κ2) is 6.94. The van der Waals surface area contributed by atoms with Crippen molar-refractivity contribution in [2.24, 2.45) is 0 Å². The van der Waals surface area contributed by atoms with Crippen molar-refractivity contribution in [3.63, 3.8) is 0 Å². The second-order valence-corrected chi connectivity index (χ2v) is 5.34. The lowest BCUT2D eigenvalue weighted by molar-refractivity contribution is 0.282. The van der Waals surface area contributed by atoms with E-state index in [1.165, 1.54) is 0 Å². The van der Waals surface area contributed by atoms with Crippen LogP contribution >= 0.6 is 0 Å². The molecule has 3 rings (SSSR count). The van der Waals surface area contributed by atoms with Gasteiger partial charge in [0.15, 0.2) is 0 Å². The number of aliphatic hydroxyl groups is 1. The van der Waals surface area contributed by atoms with Crippen LogP contribution in [0.4, 0.5) is 5.69 Å². The lowest BCUT2D eigenvalue weighted by Gasteiger charge is -2.09. The Morgan fingerprint density at radius 3 is 2.43 bits per heavy atom. The molecule has 0 fully saturated rings. The molecule has 0 aliphatic heterocycles. The minimum Gasteiger partial charge on any atom is -0.508 e. The molecule has 0 saturated heterocycles. The molecule has 0 spiro atoms. The zero-order valence-electron chi connectivity index (χ0n) is 12.6. The average Bonchev–Trinajstić information content (AvgIpc) is 2.60. The molecule has 0 saturated carbocycles. The minimum atomic E-state index is 0.0457. The van der Waals surface area contributed by atoms with Crippen molar-refractivity contribution in [3.8, 4) is 16.9 Å². The molecule has 4 nitrogen and oxygen atoms in total. The van der Waals surface area contributed by atoms with Crippen LogP contribution in [0.15, 0.2) is 67.0 Å². The fourth-order valence-corrected chi connectivity index (χ4v) is 2.37. The van der Waals surface area contributed by atoms with Gasteiger partial charge in [0.1, 0.15) is 5.75 Å². The zero-order chi connectivity index (χ0) is 16.1. The quantitative estimate of drug-likeness (QED) is 0.674. The Labute approximate surface area is 135 Å². The van der Waals surface area contributed by atoms with Crippen molar-refractivity contribution < 1.29 is 10.2 Å². The Bertz CT molecular complexity index is 785. The molecule has 0 unspecified atom stereocenters. The molecule has 0 aliphatic carbocycles. The Hall–Kier alpha value is -2.85. The number of anilines is 1. The lowest BCUT2D eigenvalue weighted by Crippen LogP contribution is -1.99. The molecule has 0 atom stereocenters. The molecular weight excluding hydrogens is 288 g/mol. The van der Waals surface area contributed by atoms with E-state index in [9.17, 15) is 5.11 Å². The molecule has 0 radical (unpaired) electrons. The van der Waals surface area contributed by atoms with Gasteiger partial charge in [-0.05, 0) is 34.9 Å². The highest BCUT2D eigenvalue weighted by atomic mass is 16.3. The highest BCUT2D eigenvalue weighted by Crippen LogP contribution is 2.22. The molecule has 0 amide bonds. The van der Waals surface area contributed by atoms with E-state index in [2.05, 4.69) is 10.3 Å². The first kappa shape index (κ1) is 15.1. The third kappa shape index (κ3) is 3.87. The number of phenols is 1. The topological polar surface area (TPSA) is 65.4 Å². The van der Waals surface area contributed by atoms with Gasteiger partial charge in [-0.3, -0.25) is 4.98 Å². The number of nitrogens with zero attached hydrogens (tertiary/aromatic N) is 1. The SMILES string of the molecule is OCc1ccc(-c2cncc(NCc3cccc(O)c3)c2)cc1. The van der Waals surface area contributed by atoms with Gasteiger partial charge in [0.2, 0.25) is 0 Å². The summed E-state index contributed by atoms with van der Waals surface area (Å²) in [6, 6.07) is 17.0. The van der Waals surface area contributed by atoms with Crippen molar-refractivity contribution >= 4 is 5.69 Å². The maximum atomic E-state index is 9.49. The summed E-state index contributed by atoms with van der Waals surface area (Å²) in [5, 5.41) is 21.9. The van der Waals surface area contributed by atoms with Gasteiger partial charge in [0.05, 0.1) is 12.3 Å². The normalized spacial score (nSPS) is 10.5. The van der Waals surface area contributed by atoms with Crippen LogP contribution in [0.25, 0.3) is 11.1 Å². The molecule has 3 N–H and O–H groups in total. The van der Waals surface area contributed by atoms with Crippen molar-refractivity contribution in [3.05, 3.63) is 78.1 Å². The molecule has 1 heterocycles. The van der Waals surface area contributed by atoms with Gasteiger partial charge in [0.25, 0.3) is 0 Å². The molecule has 0 bridgehead atoms. The number of aromatic nitrogens is 1. The molecule has 0 aliphatic rings. The van der Waals surface area contributed by atoms with E-state index in [-0.39, 0.29) is 12.4 Å². The smallest absolute Gasteiger partial charge is 0.115 e. The van der Waals surface area contributed by atoms with Crippen LogP contribution in [0.1, 0.15) is 11.1 Å². The van der Waals surface area contributed by atoms with E-state index >= 15 is 0 Å². The summed E-state index contributed by atoms with van der Waals surface area (Å²) in [5.41, 5.74) is 4.87. The third-order valence-corrected chi connectivity index (χ3v) is 3.62. The van der Waals surface area contributed by atoms with Gasteiger partial charge < -0.3 is 15.5 Å². The Morgan fingerprint density at radius 1 is 0.870 bits per heavy atom. The number of benzene rings is 2. The van der Waals surface area contributed by atoms with E-state index < -0.39 is 0 Å². The molecule has 4 heteroatoms. The van der Waals surface area contributed by atoms with E-state index in [1.54, 1.807) is 18.3 Å². The predicted octanol–water partition coefficient (Wildman–Crippen LogP) is 3.56.